The summed E-state index contributed by atoms with van der Waals surface area (Å²) in [7, 11) is 0. The second-order valence-electron chi connectivity index (χ2n) is 2.98. The summed E-state index contributed by atoms with van der Waals surface area (Å²) in [4.78, 5) is 0. The lowest BCUT2D eigenvalue weighted by atomic mass is 10.3. The van der Waals surface area contributed by atoms with E-state index < -0.39 is 0 Å². The highest BCUT2D eigenvalue weighted by Crippen LogP contribution is 2.18. The molecule has 0 atom stereocenters. The topological polar surface area (TPSA) is 32.3 Å². The molecule has 14 heavy (non-hydrogen) atoms. The van der Waals surface area contributed by atoms with Crippen molar-refractivity contribution < 1.29 is 9.50 Å². The fourth-order valence-corrected chi connectivity index (χ4v) is 1.25. The van der Waals surface area contributed by atoms with Crippen LogP contribution in [0.2, 0.25) is 5.02 Å². The summed E-state index contributed by atoms with van der Waals surface area (Å²) in [5.41, 5.74) is 0.451. The summed E-state index contributed by atoms with van der Waals surface area (Å²) in [6.07, 6.45) is 1.54. The van der Waals surface area contributed by atoms with Crippen LogP contribution in [0.3, 0.4) is 0 Å². The Bertz CT molecular complexity index is 293. The Labute approximate surface area is 87.7 Å². The zero-order chi connectivity index (χ0) is 10.4. The van der Waals surface area contributed by atoms with Crippen LogP contribution < -0.4 is 5.32 Å². The average Bonchev–Trinajstić information content (AvgIpc) is 2.15. The number of aliphatic hydroxyl groups is 1. The van der Waals surface area contributed by atoms with Gasteiger partial charge in [-0.1, -0.05) is 11.6 Å². The highest BCUT2D eigenvalue weighted by molar-refractivity contribution is 6.30. The summed E-state index contributed by atoms with van der Waals surface area (Å²) < 4.78 is 13.2. The number of nitrogens with one attached hydrogen (secondary N) is 1. The van der Waals surface area contributed by atoms with E-state index in [4.69, 9.17) is 16.7 Å². The van der Waals surface area contributed by atoms with Crippen molar-refractivity contribution >= 4 is 17.3 Å². The first kappa shape index (κ1) is 11.3. The summed E-state index contributed by atoms with van der Waals surface area (Å²) in [5.74, 6) is -0.346. The Morgan fingerprint density at radius 2 is 2.14 bits per heavy atom. The molecular formula is C10H13ClFNO. The fourth-order valence-electron chi connectivity index (χ4n) is 1.09. The summed E-state index contributed by atoms with van der Waals surface area (Å²) in [6.45, 7) is 0.823. The molecule has 4 heteroatoms. The SMILES string of the molecule is OCCCCNc1ccc(Cl)cc1F. The molecule has 0 aromatic heterocycles. The van der Waals surface area contributed by atoms with Crippen LogP contribution in [-0.4, -0.2) is 18.3 Å². The van der Waals surface area contributed by atoms with Gasteiger partial charge < -0.3 is 10.4 Å². The van der Waals surface area contributed by atoms with Crippen molar-refractivity contribution in [2.75, 3.05) is 18.5 Å². The second-order valence-corrected chi connectivity index (χ2v) is 3.42. The number of anilines is 1. The number of halogens is 2. The van der Waals surface area contributed by atoms with Gasteiger partial charge in [-0.15, -0.1) is 0 Å². The Balaban J connectivity index is 2.42. The van der Waals surface area contributed by atoms with Gasteiger partial charge in [0.2, 0.25) is 0 Å². The zero-order valence-electron chi connectivity index (χ0n) is 7.76. The van der Waals surface area contributed by atoms with Gasteiger partial charge in [-0.05, 0) is 31.0 Å². The molecular weight excluding hydrogens is 205 g/mol. The smallest absolute Gasteiger partial charge is 0.147 e. The van der Waals surface area contributed by atoms with Crippen molar-refractivity contribution in [3.8, 4) is 0 Å². The number of aliphatic hydroxyl groups excluding tert-OH is 1. The van der Waals surface area contributed by atoms with Crippen molar-refractivity contribution in [3.63, 3.8) is 0 Å². The molecule has 2 N–H and O–H groups in total. The van der Waals surface area contributed by atoms with Crippen LogP contribution in [0, 0.1) is 5.82 Å². The lowest BCUT2D eigenvalue weighted by Crippen LogP contribution is -2.03. The lowest BCUT2D eigenvalue weighted by Gasteiger charge is -2.06. The van der Waals surface area contributed by atoms with E-state index in [9.17, 15) is 4.39 Å². The first-order chi connectivity index (χ1) is 6.74. The van der Waals surface area contributed by atoms with Gasteiger partial charge in [0.1, 0.15) is 5.82 Å². The molecule has 1 aromatic carbocycles. The van der Waals surface area contributed by atoms with Crippen LogP contribution in [-0.2, 0) is 0 Å². The molecule has 0 spiro atoms. The molecule has 0 saturated heterocycles. The molecule has 0 saturated carbocycles. The minimum atomic E-state index is -0.346. The van der Waals surface area contributed by atoms with Crippen LogP contribution in [0.1, 0.15) is 12.8 Å². The molecule has 78 valence electrons. The maximum absolute atomic E-state index is 13.2. The van der Waals surface area contributed by atoms with Gasteiger partial charge in [-0.25, -0.2) is 4.39 Å². The highest BCUT2D eigenvalue weighted by atomic mass is 35.5. The van der Waals surface area contributed by atoms with E-state index in [1.807, 2.05) is 0 Å². The van der Waals surface area contributed by atoms with Gasteiger partial charge in [0.05, 0.1) is 5.69 Å². The molecule has 0 unspecified atom stereocenters. The van der Waals surface area contributed by atoms with Gasteiger partial charge >= 0.3 is 0 Å². The molecule has 0 aliphatic rings. The number of hydrogen-bond donors (Lipinski definition) is 2. The van der Waals surface area contributed by atoms with Crippen molar-refractivity contribution in [1.82, 2.24) is 0 Å². The normalized spacial score (nSPS) is 10.2. The Kier molecular flexibility index (Phi) is 4.70. The van der Waals surface area contributed by atoms with E-state index in [1.54, 1.807) is 12.1 Å². The standard InChI is InChI=1S/C10H13ClFNO/c11-8-3-4-10(9(12)7-8)13-5-1-2-6-14/h3-4,7,13-14H,1-2,5-6H2. The van der Waals surface area contributed by atoms with Crippen LogP contribution in [0.5, 0.6) is 0 Å². The number of unbranched alkanes of at least 4 members (excludes halogenated alkanes) is 1. The van der Waals surface area contributed by atoms with Crippen molar-refractivity contribution in [3.05, 3.63) is 29.0 Å². The minimum Gasteiger partial charge on any atom is -0.396 e. The van der Waals surface area contributed by atoms with Crippen molar-refractivity contribution in [2.24, 2.45) is 0 Å². The molecule has 0 bridgehead atoms. The number of benzene rings is 1. The lowest BCUT2D eigenvalue weighted by molar-refractivity contribution is 0.286. The molecule has 0 heterocycles. The third-order valence-electron chi connectivity index (χ3n) is 1.83. The van der Waals surface area contributed by atoms with E-state index in [2.05, 4.69) is 5.32 Å². The van der Waals surface area contributed by atoms with Crippen LogP contribution in [0.25, 0.3) is 0 Å². The fraction of sp³-hybridized carbons (Fsp3) is 0.400. The number of rotatable bonds is 5. The second kappa shape index (κ2) is 5.83. The average molecular weight is 218 g/mol. The Hall–Kier alpha value is -0.800. The quantitative estimate of drug-likeness (QED) is 0.744. The Morgan fingerprint density at radius 3 is 2.79 bits per heavy atom. The van der Waals surface area contributed by atoms with Crippen LogP contribution in [0.15, 0.2) is 18.2 Å². The largest absolute Gasteiger partial charge is 0.396 e. The van der Waals surface area contributed by atoms with Crippen molar-refractivity contribution in [2.45, 2.75) is 12.8 Å². The predicted molar refractivity (Wildman–Crippen MR) is 56.2 cm³/mol. The molecule has 1 aromatic rings. The van der Waals surface area contributed by atoms with E-state index in [0.717, 1.165) is 12.8 Å². The summed E-state index contributed by atoms with van der Waals surface area (Å²) >= 11 is 5.60. The Morgan fingerprint density at radius 1 is 1.36 bits per heavy atom. The van der Waals surface area contributed by atoms with E-state index in [1.165, 1.54) is 6.07 Å². The summed E-state index contributed by atoms with van der Waals surface area (Å²) in [5, 5.41) is 11.9. The van der Waals surface area contributed by atoms with E-state index in [-0.39, 0.29) is 12.4 Å². The molecule has 0 amide bonds. The van der Waals surface area contributed by atoms with Crippen LogP contribution >= 0.6 is 11.6 Å². The maximum atomic E-state index is 13.2. The van der Waals surface area contributed by atoms with Gasteiger partial charge in [0, 0.05) is 18.2 Å². The molecule has 1 rings (SSSR count). The van der Waals surface area contributed by atoms with Crippen LogP contribution in [0.4, 0.5) is 10.1 Å². The zero-order valence-corrected chi connectivity index (χ0v) is 8.52. The third-order valence-corrected chi connectivity index (χ3v) is 2.07. The third kappa shape index (κ3) is 3.52. The maximum Gasteiger partial charge on any atom is 0.147 e. The molecule has 0 radical (unpaired) electrons. The molecule has 0 fully saturated rings. The van der Waals surface area contributed by atoms with E-state index >= 15 is 0 Å². The monoisotopic (exact) mass is 217 g/mol. The minimum absolute atomic E-state index is 0.171. The van der Waals surface area contributed by atoms with Gasteiger partial charge in [-0.2, -0.15) is 0 Å². The summed E-state index contributed by atoms with van der Waals surface area (Å²) in [6, 6.07) is 4.52. The van der Waals surface area contributed by atoms with Gasteiger partial charge in [-0.3, -0.25) is 0 Å². The van der Waals surface area contributed by atoms with E-state index in [0.29, 0.717) is 17.3 Å². The predicted octanol–water partition coefficient (Wildman–Crippen LogP) is 2.66. The first-order valence-electron chi connectivity index (χ1n) is 4.54. The molecule has 2 nitrogen and oxygen atoms in total. The van der Waals surface area contributed by atoms with Gasteiger partial charge in [0.15, 0.2) is 0 Å². The number of hydrogen-bond acceptors (Lipinski definition) is 2. The van der Waals surface area contributed by atoms with Crippen molar-refractivity contribution in [1.29, 1.82) is 0 Å². The van der Waals surface area contributed by atoms with Gasteiger partial charge in [0.25, 0.3) is 0 Å². The molecule has 0 aliphatic heterocycles. The molecule has 0 aliphatic carbocycles. The highest BCUT2D eigenvalue weighted by Gasteiger charge is 2.00. The first-order valence-corrected chi connectivity index (χ1v) is 4.91.